The van der Waals surface area contributed by atoms with E-state index < -0.39 is 0 Å². The standard InChI is InChI=1S/C22H27N3OS2/c1-3-25(4-2)19(17-10-6-5-7-11-17)14-23-21(26)15-27-16-22-24-18-12-8-9-13-20(18)28-22/h5-13,19H,3-4,14-16H2,1-2H3,(H,23,26). The highest BCUT2D eigenvalue weighted by molar-refractivity contribution is 7.99. The average Bonchev–Trinajstić information content (AvgIpc) is 3.14. The number of hydrogen-bond acceptors (Lipinski definition) is 5. The fraction of sp³-hybridized carbons (Fsp3) is 0.364. The molecular weight excluding hydrogens is 386 g/mol. The van der Waals surface area contributed by atoms with E-state index in [4.69, 9.17) is 0 Å². The number of nitrogens with zero attached hydrogens (tertiary/aromatic N) is 2. The van der Waals surface area contributed by atoms with Crippen molar-refractivity contribution in [2.45, 2.75) is 25.6 Å². The van der Waals surface area contributed by atoms with Crippen LogP contribution in [0.4, 0.5) is 0 Å². The molecule has 1 unspecified atom stereocenters. The second-order valence-corrected chi connectivity index (χ2v) is 8.62. The third kappa shape index (κ3) is 5.56. The summed E-state index contributed by atoms with van der Waals surface area (Å²) in [4.78, 5) is 19.4. The van der Waals surface area contributed by atoms with E-state index >= 15 is 0 Å². The van der Waals surface area contributed by atoms with Gasteiger partial charge in [0.15, 0.2) is 0 Å². The number of amides is 1. The molecule has 3 rings (SSSR count). The number of rotatable bonds is 10. The summed E-state index contributed by atoms with van der Waals surface area (Å²) in [5.41, 5.74) is 2.28. The fourth-order valence-electron chi connectivity index (χ4n) is 3.27. The van der Waals surface area contributed by atoms with Gasteiger partial charge < -0.3 is 5.32 Å². The van der Waals surface area contributed by atoms with Gasteiger partial charge in [0.1, 0.15) is 5.01 Å². The molecule has 3 aromatic rings. The van der Waals surface area contributed by atoms with Crippen molar-refractivity contribution in [1.29, 1.82) is 0 Å². The van der Waals surface area contributed by atoms with Crippen LogP contribution in [0.5, 0.6) is 0 Å². The molecule has 0 fully saturated rings. The molecule has 1 N–H and O–H groups in total. The minimum absolute atomic E-state index is 0.0826. The molecule has 0 saturated heterocycles. The zero-order valence-electron chi connectivity index (χ0n) is 16.4. The molecule has 0 aliphatic rings. The van der Waals surface area contributed by atoms with Crippen molar-refractivity contribution in [2.24, 2.45) is 0 Å². The summed E-state index contributed by atoms with van der Waals surface area (Å²) in [6, 6.07) is 18.8. The van der Waals surface area contributed by atoms with Gasteiger partial charge in [-0.25, -0.2) is 4.98 Å². The second kappa shape index (κ2) is 10.6. The average molecular weight is 414 g/mol. The van der Waals surface area contributed by atoms with Crippen molar-refractivity contribution in [3.63, 3.8) is 0 Å². The summed E-state index contributed by atoms with van der Waals surface area (Å²) in [5.74, 6) is 1.31. The molecule has 1 heterocycles. The number of carbonyl (C=O) groups is 1. The topological polar surface area (TPSA) is 45.2 Å². The molecule has 28 heavy (non-hydrogen) atoms. The molecule has 0 saturated carbocycles. The van der Waals surface area contributed by atoms with Crippen molar-refractivity contribution in [1.82, 2.24) is 15.2 Å². The maximum atomic E-state index is 12.4. The van der Waals surface area contributed by atoms with Gasteiger partial charge in [-0.15, -0.1) is 23.1 Å². The molecule has 1 amide bonds. The lowest BCUT2D eigenvalue weighted by Crippen LogP contribution is -2.38. The Morgan fingerprint density at radius 1 is 1.11 bits per heavy atom. The lowest BCUT2D eigenvalue weighted by atomic mass is 10.1. The van der Waals surface area contributed by atoms with E-state index in [2.05, 4.69) is 59.4 Å². The van der Waals surface area contributed by atoms with Crippen LogP contribution < -0.4 is 5.32 Å². The molecular formula is C22H27N3OS2. The highest BCUT2D eigenvalue weighted by Crippen LogP contribution is 2.25. The smallest absolute Gasteiger partial charge is 0.230 e. The van der Waals surface area contributed by atoms with Gasteiger partial charge in [0, 0.05) is 12.3 Å². The Labute approximate surface area is 175 Å². The lowest BCUT2D eigenvalue weighted by molar-refractivity contribution is -0.118. The summed E-state index contributed by atoms with van der Waals surface area (Å²) in [6.07, 6.45) is 0. The quantitative estimate of drug-likeness (QED) is 0.522. The fourth-order valence-corrected chi connectivity index (χ4v) is 5.15. The molecule has 0 aliphatic carbocycles. The number of fused-ring (bicyclic) bond motifs is 1. The van der Waals surface area contributed by atoms with E-state index in [0.717, 1.165) is 29.4 Å². The van der Waals surface area contributed by atoms with E-state index in [0.29, 0.717) is 12.3 Å². The number of para-hydroxylation sites is 1. The van der Waals surface area contributed by atoms with Crippen molar-refractivity contribution in [2.75, 3.05) is 25.4 Å². The van der Waals surface area contributed by atoms with Gasteiger partial charge in [-0.3, -0.25) is 9.69 Å². The van der Waals surface area contributed by atoms with Gasteiger partial charge >= 0.3 is 0 Å². The SMILES string of the molecule is CCN(CC)C(CNC(=O)CSCc1nc2ccccc2s1)c1ccccc1. The molecule has 1 atom stereocenters. The Hall–Kier alpha value is -1.89. The van der Waals surface area contributed by atoms with Crippen LogP contribution in [0.2, 0.25) is 0 Å². The zero-order chi connectivity index (χ0) is 19.8. The first-order valence-electron chi connectivity index (χ1n) is 9.69. The van der Waals surface area contributed by atoms with Crippen molar-refractivity contribution >= 4 is 39.2 Å². The number of benzene rings is 2. The third-order valence-electron chi connectivity index (χ3n) is 4.73. The largest absolute Gasteiger partial charge is 0.353 e. The molecule has 148 valence electrons. The summed E-state index contributed by atoms with van der Waals surface area (Å²) < 4.78 is 1.20. The molecule has 0 radical (unpaired) electrons. The summed E-state index contributed by atoms with van der Waals surface area (Å²) >= 11 is 3.32. The first-order valence-corrected chi connectivity index (χ1v) is 11.7. The molecule has 2 aromatic carbocycles. The normalized spacial score (nSPS) is 12.4. The molecule has 6 heteroatoms. The van der Waals surface area contributed by atoms with E-state index in [1.54, 1.807) is 23.1 Å². The first-order chi connectivity index (χ1) is 13.7. The highest BCUT2D eigenvalue weighted by Gasteiger charge is 2.18. The molecule has 0 spiro atoms. The number of thiazole rings is 1. The van der Waals surface area contributed by atoms with Crippen LogP contribution in [0.1, 0.15) is 30.5 Å². The second-order valence-electron chi connectivity index (χ2n) is 6.52. The maximum absolute atomic E-state index is 12.4. The van der Waals surface area contributed by atoms with Crippen LogP contribution in [0.3, 0.4) is 0 Å². The minimum atomic E-state index is 0.0826. The van der Waals surface area contributed by atoms with Crippen LogP contribution in [-0.4, -0.2) is 41.2 Å². The molecule has 4 nitrogen and oxygen atoms in total. The maximum Gasteiger partial charge on any atom is 0.230 e. The van der Waals surface area contributed by atoms with E-state index in [9.17, 15) is 4.79 Å². The summed E-state index contributed by atoms with van der Waals surface area (Å²) in [6.45, 7) is 6.87. The molecule has 1 aromatic heterocycles. The van der Waals surface area contributed by atoms with Crippen LogP contribution in [-0.2, 0) is 10.5 Å². The van der Waals surface area contributed by atoms with Gasteiger partial charge in [-0.2, -0.15) is 0 Å². The Balaban J connectivity index is 1.50. The molecule has 0 aliphatic heterocycles. The number of thioether (sulfide) groups is 1. The van der Waals surface area contributed by atoms with Gasteiger partial charge in [-0.05, 0) is 30.8 Å². The van der Waals surface area contributed by atoms with Crippen molar-refractivity contribution < 1.29 is 4.79 Å². The minimum Gasteiger partial charge on any atom is -0.353 e. The number of aromatic nitrogens is 1. The van der Waals surface area contributed by atoms with Gasteiger partial charge in [0.05, 0.1) is 22.0 Å². The lowest BCUT2D eigenvalue weighted by Gasteiger charge is -2.30. The van der Waals surface area contributed by atoms with Crippen LogP contribution in [0.25, 0.3) is 10.2 Å². The number of nitrogens with one attached hydrogen (secondary N) is 1. The number of likely N-dealkylation sites (N-methyl/N-ethyl adjacent to an activating group) is 1. The van der Waals surface area contributed by atoms with Gasteiger partial charge in [0.25, 0.3) is 0 Å². The predicted octanol–water partition coefficient (Wildman–Crippen LogP) is 4.73. The van der Waals surface area contributed by atoms with Crippen molar-refractivity contribution in [3.05, 3.63) is 65.2 Å². The number of carbonyl (C=O) groups excluding carboxylic acids is 1. The van der Waals surface area contributed by atoms with Crippen molar-refractivity contribution in [3.8, 4) is 0 Å². The van der Waals surface area contributed by atoms with E-state index in [1.807, 2.05) is 24.3 Å². The zero-order valence-corrected chi connectivity index (χ0v) is 18.1. The Kier molecular flexibility index (Phi) is 7.89. The van der Waals surface area contributed by atoms with E-state index in [1.165, 1.54) is 10.3 Å². The first kappa shape index (κ1) is 20.8. The summed E-state index contributed by atoms with van der Waals surface area (Å²) in [7, 11) is 0. The highest BCUT2D eigenvalue weighted by atomic mass is 32.2. The Morgan fingerprint density at radius 3 is 2.54 bits per heavy atom. The third-order valence-corrected chi connectivity index (χ3v) is 6.89. The molecule has 0 bridgehead atoms. The van der Waals surface area contributed by atoms with Gasteiger partial charge in [0.2, 0.25) is 5.91 Å². The Bertz CT molecular complexity index is 845. The van der Waals surface area contributed by atoms with E-state index in [-0.39, 0.29) is 11.9 Å². The van der Waals surface area contributed by atoms with Crippen LogP contribution >= 0.6 is 23.1 Å². The Morgan fingerprint density at radius 2 is 1.82 bits per heavy atom. The summed E-state index contributed by atoms with van der Waals surface area (Å²) in [5, 5.41) is 4.20. The van der Waals surface area contributed by atoms with Crippen LogP contribution in [0.15, 0.2) is 54.6 Å². The monoisotopic (exact) mass is 413 g/mol. The number of hydrogen-bond donors (Lipinski definition) is 1. The van der Waals surface area contributed by atoms with Crippen LogP contribution in [0, 0.1) is 0 Å². The van der Waals surface area contributed by atoms with Gasteiger partial charge in [-0.1, -0.05) is 56.3 Å². The predicted molar refractivity (Wildman–Crippen MR) is 121 cm³/mol.